The maximum Gasteiger partial charge on any atom is 0.217 e. The molecule has 0 aliphatic carbocycles. The Balaban J connectivity index is 1.66. The van der Waals surface area contributed by atoms with Crippen LogP contribution in [0.2, 0.25) is 5.02 Å². The highest BCUT2D eigenvalue weighted by Gasteiger charge is 2.15. The number of nitrogens with one attached hydrogen (secondary N) is 1. The van der Waals surface area contributed by atoms with Crippen molar-refractivity contribution in [3.63, 3.8) is 0 Å². The summed E-state index contributed by atoms with van der Waals surface area (Å²) in [4.78, 5) is 15.6. The SMILES string of the molecule is C[C@H](Nc1cc2c(-c3cc(Cl)cc(CCC(N)=O)c3)noc2cn1)c1ccccc1. The summed E-state index contributed by atoms with van der Waals surface area (Å²) in [6.07, 6.45) is 2.43. The van der Waals surface area contributed by atoms with Crippen LogP contribution in [0.5, 0.6) is 0 Å². The molecule has 0 bridgehead atoms. The lowest BCUT2D eigenvalue weighted by Crippen LogP contribution is -2.11. The third kappa shape index (κ3) is 4.44. The van der Waals surface area contributed by atoms with E-state index < -0.39 is 0 Å². The van der Waals surface area contributed by atoms with Crippen molar-refractivity contribution in [2.75, 3.05) is 5.32 Å². The first-order valence-electron chi connectivity index (χ1n) is 9.64. The topological polar surface area (TPSA) is 94.0 Å². The van der Waals surface area contributed by atoms with Gasteiger partial charge in [-0.15, -0.1) is 0 Å². The summed E-state index contributed by atoms with van der Waals surface area (Å²) in [5.74, 6) is 0.372. The van der Waals surface area contributed by atoms with Crippen molar-refractivity contribution in [3.05, 3.63) is 76.9 Å². The number of aromatic nitrogens is 2. The molecule has 1 atom stereocenters. The second-order valence-corrected chi connectivity index (χ2v) is 7.62. The number of hydrogen-bond acceptors (Lipinski definition) is 5. The molecule has 4 aromatic rings. The van der Waals surface area contributed by atoms with Crippen LogP contribution in [-0.4, -0.2) is 16.0 Å². The number of fused-ring (bicyclic) bond motifs is 1. The van der Waals surface area contributed by atoms with E-state index in [1.807, 2.05) is 42.5 Å². The van der Waals surface area contributed by atoms with Crippen molar-refractivity contribution in [2.45, 2.75) is 25.8 Å². The zero-order chi connectivity index (χ0) is 21.1. The summed E-state index contributed by atoms with van der Waals surface area (Å²) in [5.41, 5.74) is 9.42. The van der Waals surface area contributed by atoms with E-state index >= 15 is 0 Å². The molecule has 30 heavy (non-hydrogen) atoms. The van der Waals surface area contributed by atoms with Gasteiger partial charge in [-0.05, 0) is 48.7 Å². The van der Waals surface area contributed by atoms with Crippen LogP contribution < -0.4 is 11.1 Å². The zero-order valence-electron chi connectivity index (χ0n) is 16.4. The smallest absolute Gasteiger partial charge is 0.217 e. The molecule has 152 valence electrons. The first-order chi connectivity index (χ1) is 14.5. The zero-order valence-corrected chi connectivity index (χ0v) is 17.2. The molecule has 4 rings (SSSR count). The summed E-state index contributed by atoms with van der Waals surface area (Å²) < 4.78 is 5.47. The number of nitrogens with two attached hydrogens (primary N) is 1. The van der Waals surface area contributed by atoms with Crippen molar-refractivity contribution in [1.82, 2.24) is 10.1 Å². The minimum absolute atomic E-state index is 0.0889. The monoisotopic (exact) mass is 420 g/mol. The number of aryl methyl sites for hydroxylation is 1. The van der Waals surface area contributed by atoms with Gasteiger partial charge in [0, 0.05) is 23.0 Å². The minimum Gasteiger partial charge on any atom is -0.370 e. The summed E-state index contributed by atoms with van der Waals surface area (Å²) in [6, 6.07) is 17.8. The quantitative estimate of drug-likeness (QED) is 0.432. The molecule has 0 saturated carbocycles. The number of carbonyl (C=O) groups excluding carboxylic acids is 1. The standard InChI is InChI=1S/C23H21ClN4O2/c1-14(16-5-3-2-4-6-16)27-22-12-19-20(13-26-22)30-28-23(19)17-9-15(7-8-21(25)29)10-18(24)11-17/h2-6,9-14H,7-8H2,1H3,(H2,25,29)(H,26,27)/t14-/m0/s1. The van der Waals surface area contributed by atoms with E-state index in [9.17, 15) is 4.79 Å². The molecule has 0 radical (unpaired) electrons. The Kier molecular flexibility index (Phi) is 5.68. The maximum atomic E-state index is 11.1. The number of pyridine rings is 1. The van der Waals surface area contributed by atoms with E-state index in [2.05, 4.69) is 34.5 Å². The second-order valence-electron chi connectivity index (χ2n) is 7.19. The van der Waals surface area contributed by atoms with Crippen LogP contribution in [0, 0.1) is 0 Å². The highest BCUT2D eigenvalue weighted by Crippen LogP contribution is 2.32. The number of amides is 1. The number of nitrogens with zero attached hydrogens (tertiary/aromatic N) is 2. The molecule has 0 aliphatic heterocycles. The summed E-state index contributed by atoms with van der Waals surface area (Å²) in [5, 5.41) is 9.04. The fourth-order valence-electron chi connectivity index (χ4n) is 3.38. The number of benzene rings is 2. The van der Waals surface area contributed by atoms with Crippen molar-refractivity contribution in [1.29, 1.82) is 0 Å². The van der Waals surface area contributed by atoms with Crippen molar-refractivity contribution < 1.29 is 9.32 Å². The molecule has 2 aromatic heterocycles. The Morgan fingerprint density at radius 3 is 2.77 bits per heavy atom. The average molecular weight is 421 g/mol. The number of hydrogen-bond donors (Lipinski definition) is 2. The van der Waals surface area contributed by atoms with Gasteiger partial charge in [0.05, 0.1) is 11.6 Å². The molecule has 0 saturated heterocycles. The molecule has 2 heterocycles. The van der Waals surface area contributed by atoms with Gasteiger partial charge >= 0.3 is 0 Å². The molecule has 1 amide bonds. The lowest BCUT2D eigenvalue weighted by molar-refractivity contribution is -0.117. The van der Waals surface area contributed by atoms with Gasteiger partial charge in [-0.25, -0.2) is 4.98 Å². The Morgan fingerprint density at radius 1 is 1.20 bits per heavy atom. The largest absolute Gasteiger partial charge is 0.370 e. The molecule has 0 spiro atoms. The molecule has 2 aromatic carbocycles. The average Bonchev–Trinajstić information content (AvgIpc) is 3.16. The van der Waals surface area contributed by atoms with E-state index in [1.165, 1.54) is 5.56 Å². The Bertz CT molecular complexity index is 1190. The molecule has 0 aliphatic rings. The van der Waals surface area contributed by atoms with E-state index in [0.717, 1.165) is 22.3 Å². The third-order valence-electron chi connectivity index (χ3n) is 4.91. The Morgan fingerprint density at radius 2 is 2.00 bits per heavy atom. The summed E-state index contributed by atoms with van der Waals surface area (Å²) >= 11 is 6.30. The van der Waals surface area contributed by atoms with Crippen LogP contribution in [-0.2, 0) is 11.2 Å². The highest BCUT2D eigenvalue weighted by molar-refractivity contribution is 6.31. The summed E-state index contributed by atoms with van der Waals surface area (Å²) in [7, 11) is 0. The first-order valence-corrected chi connectivity index (χ1v) is 10.0. The number of anilines is 1. The fraction of sp³-hybridized carbons (Fsp3) is 0.174. The van der Waals surface area contributed by atoms with Crippen molar-refractivity contribution in [2.24, 2.45) is 5.73 Å². The van der Waals surface area contributed by atoms with Crippen molar-refractivity contribution in [3.8, 4) is 11.3 Å². The molecule has 6 nitrogen and oxygen atoms in total. The van der Waals surface area contributed by atoms with Crippen LogP contribution in [0.4, 0.5) is 5.82 Å². The molecule has 0 unspecified atom stereocenters. The van der Waals surface area contributed by atoms with Gasteiger partial charge in [0.1, 0.15) is 11.5 Å². The van der Waals surface area contributed by atoms with Crippen LogP contribution in [0.15, 0.2) is 65.3 Å². The molecule has 3 N–H and O–H groups in total. The molecule has 0 fully saturated rings. The lowest BCUT2D eigenvalue weighted by Gasteiger charge is -2.14. The predicted molar refractivity (Wildman–Crippen MR) is 118 cm³/mol. The summed E-state index contributed by atoms with van der Waals surface area (Å²) in [6.45, 7) is 2.08. The number of rotatable bonds is 7. The number of primary amides is 1. The molecule has 7 heteroatoms. The van der Waals surface area contributed by atoms with Crippen LogP contribution >= 0.6 is 11.6 Å². The Labute approximate surface area is 179 Å². The number of halogens is 1. The third-order valence-corrected chi connectivity index (χ3v) is 5.13. The first kappa shape index (κ1) is 19.9. The minimum atomic E-state index is -0.349. The van der Waals surface area contributed by atoms with Crippen molar-refractivity contribution >= 4 is 34.3 Å². The lowest BCUT2D eigenvalue weighted by atomic mass is 10.0. The van der Waals surface area contributed by atoms with Gasteiger partial charge in [0.2, 0.25) is 5.91 Å². The number of carbonyl (C=O) groups is 1. The van der Waals surface area contributed by atoms with Crippen LogP contribution in [0.1, 0.15) is 30.5 Å². The van der Waals surface area contributed by atoms with Gasteiger partial charge in [-0.2, -0.15) is 0 Å². The van der Waals surface area contributed by atoms with E-state index in [1.54, 1.807) is 6.20 Å². The van der Waals surface area contributed by atoms with Gasteiger partial charge < -0.3 is 15.6 Å². The van der Waals surface area contributed by atoms with Crippen LogP contribution in [0.25, 0.3) is 22.2 Å². The van der Waals surface area contributed by atoms with Gasteiger partial charge in [0.15, 0.2) is 5.58 Å². The van der Waals surface area contributed by atoms with Gasteiger partial charge in [-0.3, -0.25) is 4.79 Å². The van der Waals surface area contributed by atoms with E-state index in [4.69, 9.17) is 21.9 Å². The maximum absolute atomic E-state index is 11.1. The fourth-order valence-corrected chi connectivity index (χ4v) is 3.64. The Hall–Kier alpha value is -3.38. The molecular formula is C23H21ClN4O2. The highest BCUT2D eigenvalue weighted by atomic mass is 35.5. The normalized spacial score (nSPS) is 12.1. The second kappa shape index (κ2) is 8.55. The van der Waals surface area contributed by atoms with E-state index in [-0.39, 0.29) is 18.4 Å². The molecular weight excluding hydrogens is 400 g/mol. The predicted octanol–water partition coefficient (Wildman–Crippen LogP) is 5.13. The van der Waals surface area contributed by atoms with E-state index in [0.29, 0.717) is 22.7 Å². The van der Waals surface area contributed by atoms with Crippen LogP contribution in [0.3, 0.4) is 0 Å². The van der Waals surface area contributed by atoms with Gasteiger partial charge in [-0.1, -0.05) is 47.1 Å². The van der Waals surface area contributed by atoms with Gasteiger partial charge in [0.25, 0.3) is 0 Å².